The van der Waals surface area contributed by atoms with Gasteiger partial charge in [0.15, 0.2) is 5.75 Å². The zero-order valence-corrected chi connectivity index (χ0v) is 11.2. The van der Waals surface area contributed by atoms with Gasteiger partial charge in [-0.25, -0.2) is 0 Å². The standard InChI is InChI=1S/C11H7Cl2NO3S/c12-8-3-4-10(13)11(6-8)18(15,16)17-9-2-1-5-14-7-9/h1-7H. The van der Waals surface area contributed by atoms with Gasteiger partial charge in [0.05, 0.1) is 11.2 Å². The third kappa shape index (κ3) is 2.93. The molecule has 0 unspecified atom stereocenters. The Balaban J connectivity index is 2.40. The number of nitrogens with zero attached hydrogens (tertiary/aromatic N) is 1. The van der Waals surface area contributed by atoms with E-state index >= 15 is 0 Å². The Labute approximate surface area is 114 Å². The number of hydrogen-bond acceptors (Lipinski definition) is 4. The molecule has 0 amide bonds. The van der Waals surface area contributed by atoms with Crippen LogP contribution in [-0.4, -0.2) is 13.4 Å². The summed E-state index contributed by atoms with van der Waals surface area (Å²) in [7, 11) is -4.02. The molecule has 0 fully saturated rings. The number of benzene rings is 1. The minimum Gasteiger partial charge on any atom is -0.377 e. The topological polar surface area (TPSA) is 56.3 Å². The summed E-state index contributed by atoms with van der Waals surface area (Å²) in [4.78, 5) is 3.57. The molecular formula is C11H7Cl2NO3S. The fourth-order valence-electron chi connectivity index (χ4n) is 1.24. The molecule has 0 aliphatic heterocycles. The van der Waals surface area contributed by atoms with Crippen LogP contribution in [0.3, 0.4) is 0 Å². The summed E-state index contributed by atoms with van der Waals surface area (Å²) in [6.07, 6.45) is 2.79. The van der Waals surface area contributed by atoms with Crippen LogP contribution >= 0.6 is 23.2 Å². The Bertz CT molecular complexity index is 659. The van der Waals surface area contributed by atoms with Gasteiger partial charge in [-0.2, -0.15) is 8.42 Å². The maximum Gasteiger partial charge on any atom is 0.340 e. The van der Waals surface area contributed by atoms with Gasteiger partial charge in [-0.15, -0.1) is 0 Å². The zero-order valence-electron chi connectivity index (χ0n) is 8.88. The van der Waals surface area contributed by atoms with Crippen LogP contribution in [0.5, 0.6) is 5.75 Å². The van der Waals surface area contributed by atoms with Crippen LogP contribution in [0.4, 0.5) is 0 Å². The van der Waals surface area contributed by atoms with E-state index in [4.69, 9.17) is 27.4 Å². The molecule has 0 radical (unpaired) electrons. The van der Waals surface area contributed by atoms with Crippen molar-refractivity contribution in [1.82, 2.24) is 4.98 Å². The largest absolute Gasteiger partial charge is 0.377 e. The van der Waals surface area contributed by atoms with E-state index in [2.05, 4.69) is 4.98 Å². The molecule has 0 saturated heterocycles. The molecular weight excluding hydrogens is 297 g/mol. The van der Waals surface area contributed by atoms with Crippen LogP contribution in [0, 0.1) is 0 Å². The van der Waals surface area contributed by atoms with Crippen molar-refractivity contribution in [3.63, 3.8) is 0 Å². The molecule has 4 nitrogen and oxygen atoms in total. The van der Waals surface area contributed by atoms with Crippen molar-refractivity contribution in [1.29, 1.82) is 0 Å². The SMILES string of the molecule is O=S(=O)(Oc1cccnc1)c1cc(Cl)ccc1Cl. The van der Waals surface area contributed by atoms with E-state index in [9.17, 15) is 8.42 Å². The second-order valence-corrected chi connectivity index (χ2v) is 5.66. The number of aromatic nitrogens is 1. The predicted molar refractivity (Wildman–Crippen MR) is 68.5 cm³/mol. The lowest BCUT2D eigenvalue weighted by Gasteiger charge is -2.08. The van der Waals surface area contributed by atoms with Gasteiger partial charge < -0.3 is 4.18 Å². The van der Waals surface area contributed by atoms with E-state index in [0.29, 0.717) is 0 Å². The lowest BCUT2D eigenvalue weighted by atomic mass is 10.4. The van der Waals surface area contributed by atoms with Crippen molar-refractivity contribution in [2.75, 3.05) is 0 Å². The second kappa shape index (κ2) is 5.14. The highest BCUT2D eigenvalue weighted by Gasteiger charge is 2.20. The first-order chi connectivity index (χ1) is 8.49. The molecule has 2 rings (SSSR count). The molecule has 0 bridgehead atoms. The van der Waals surface area contributed by atoms with Gasteiger partial charge in [-0.3, -0.25) is 4.98 Å². The van der Waals surface area contributed by atoms with Gasteiger partial charge >= 0.3 is 10.1 Å². The first-order valence-corrected chi connectivity index (χ1v) is 6.95. The number of rotatable bonds is 3. The molecule has 0 aliphatic carbocycles. The summed E-state index contributed by atoms with van der Waals surface area (Å²) in [5.41, 5.74) is 0. The Kier molecular flexibility index (Phi) is 3.75. The number of pyridine rings is 1. The zero-order chi connectivity index (χ0) is 13.2. The Morgan fingerprint density at radius 1 is 1.17 bits per heavy atom. The van der Waals surface area contributed by atoms with Gasteiger partial charge in [-0.1, -0.05) is 23.2 Å². The van der Waals surface area contributed by atoms with Gasteiger partial charge in [0.1, 0.15) is 4.90 Å². The molecule has 18 heavy (non-hydrogen) atoms. The van der Waals surface area contributed by atoms with Crippen molar-refractivity contribution in [2.24, 2.45) is 0 Å². The minimum atomic E-state index is -4.02. The van der Waals surface area contributed by atoms with Crippen molar-refractivity contribution in [3.8, 4) is 5.75 Å². The quantitative estimate of drug-likeness (QED) is 0.817. The van der Waals surface area contributed by atoms with Crippen LogP contribution in [0.1, 0.15) is 0 Å². The molecule has 1 heterocycles. The molecule has 0 N–H and O–H groups in total. The molecule has 1 aromatic heterocycles. The Hall–Kier alpha value is -1.30. The lowest BCUT2D eigenvalue weighted by molar-refractivity contribution is 0.485. The molecule has 0 saturated carbocycles. The fourth-order valence-corrected chi connectivity index (χ4v) is 2.89. The molecule has 7 heteroatoms. The summed E-state index contributed by atoms with van der Waals surface area (Å²) < 4.78 is 28.9. The van der Waals surface area contributed by atoms with Crippen LogP contribution < -0.4 is 4.18 Å². The van der Waals surface area contributed by atoms with E-state index in [0.717, 1.165) is 0 Å². The van der Waals surface area contributed by atoms with Crippen molar-refractivity contribution < 1.29 is 12.6 Å². The average molecular weight is 304 g/mol. The number of halogens is 2. The molecule has 94 valence electrons. The summed E-state index contributed by atoms with van der Waals surface area (Å²) >= 11 is 11.5. The van der Waals surface area contributed by atoms with Crippen LogP contribution in [-0.2, 0) is 10.1 Å². The third-order valence-electron chi connectivity index (χ3n) is 2.00. The van der Waals surface area contributed by atoms with E-state index in [1.807, 2.05) is 0 Å². The smallest absolute Gasteiger partial charge is 0.340 e. The predicted octanol–water partition coefficient (Wildman–Crippen LogP) is 3.16. The summed E-state index contributed by atoms with van der Waals surface area (Å²) in [6, 6.07) is 7.15. The van der Waals surface area contributed by atoms with E-state index < -0.39 is 10.1 Å². The molecule has 0 spiro atoms. The monoisotopic (exact) mass is 303 g/mol. The fraction of sp³-hybridized carbons (Fsp3) is 0. The van der Waals surface area contributed by atoms with Crippen LogP contribution in [0.2, 0.25) is 10.0 Å². The summed E-state index contributed by atoms with van der Waals surface area (Å²) in [6.45, 7) is 0. The first-order valence-electron chi connectivity index (χ1n) is 4.78. The number of hydrogen-bond donors (Lipinski definition) is 0. The van der Waals surface area contributed by atoms with E-state index in [1.165, 1.54) is 36.7 Å². The average Bonchev–Trinajstić information content (AvgIpc) is 2.33. The second-order valence-electron chi connectivity index (χ2n) is 3.30. The van der Waals surface area contributed by atoms with Gasteiger partial charge in [-0.05, 0) is 30.3 Å². The first kappa shape index (κ1) is 13.1. The van der Waals surface area contributed by atoms with E-state index in [1.54, 1.807) is 6.07 Å². The summed E-state index contributed by atoms with van der Waals surface area (Å²) in [5.74, 6) is 0.105. The normalized spacial score (nSPS) is 11.2. The van der Waals surface area contributed by atoms with Gasteiger partial charge in [0.25, 0.3) is 0 Å². The van der Waals surface area contributed by atoms with Crippen molar-refractivity contribution in [2.45, 2.75) is 4.90 Å². The summed E-state index contributed by atoms with van der Waals surface area (Å²) in [5, 5.41) is 0.302. The van der Waals surface area contributed by atoms with Crippen molar-refractivity contribution >= 4 is 33.3 Å². The maximum atomic E-state index is 12.0. The Morgan fingerprint density at radius 3 is 2.61 bits per heavy atom. The van der Waals surface area contributed by atoms with Crippen molar-refractivity contribution in [3.05, 3.63) is 52.8 Å². The minimum absolute atomic E-state index is 0.0447. The Morgan fingerprint density at radius 2 is 1.94 bits per heavy atom. The molecule has 1 aromatic carbocycles. The third-order valence-corrected chi connectivity index (χ3v) is 3.97. The molecule has 0 aliphatic rings. The maximum absolute atomic E-state index is 12.0. The van der Waals surface area contributed by atoms with Gasteiger partial charge in [0.2, 0.25) is 0 Å². The van der Waals surface area contributed by atoms with E-state index in [-0.39, 0.29) is 20.7 Å². The van der Waals surface area contributed by atoms with Crippen LogP contribution in [0.15, 0.2) is 47.6 Å². The highest BCUT2D eigenvalue weighted by atomic mass is 35.5. The molecule has 0 atom stereocenters. The highest BCUT2D eigenvalue weighted by molar-refractivity contribution is 7.87. The molecule has 2 aromatic rings. The lowest BCUT2D eigenvalue weighted by Crippen LogP contribution is -2.10. The van der Waals surface area contributed by atoms with Crippen LogP contribution in [0.25, 0.3) is 0 Å². The highest BCUT2D eigenvalue weighted by Crippen LogP contribution is 2.27. The van der Waals surface area contributed by atoms with Gasteiger partial charge in [0, 0.05) is 11.2 Å².